The molecule has 0 amide bonds. The fraction of sp³-hybridized carbons (Fsp3) is 0.0400. The minimum Gasteiger partial charge on any atom is -0.507 e. The van der Waals surface area contributed by atoms with Gasteiger partial charge in [-0.25, -0.2) is 0 Å². The average molecular weight is 336 g/mol. The van der Waals surface area contributed by atoms with Crippen molar-refractivity contribution in [3.8, 4) is 39.1 Å². The van der Waals surface area contributed by atoms with E-state index in [0.29, 0.717) is 5.75 Å². The van der Waals surface area contributed by atoms with Crippen molar-refractivity contribution in [2.24, 2.45) is 0 Å². The van der Waals surface area contributed by atoms with Crippen molar-refractivity contribution >= 4 is 0 Å². The minimum atomic E-state index is 0.305. The summed E-state index contributed by atoms with van der Waals surface area (Å²) in [6, 6.07) is 32.7. The summed E-state index contributed by atoms with van der Waals surface area (Å²) in [5.74, 6) is 0.305. The first-order chi connectivity index (χ1) is 12.8. The van der Waals surface area contributed by atoms with Gasteiger partial charge in [0.15, 0.2) is 0 Å². The molecule has 0 bridgehead atoms. The standard InChI is InChI=1S/C25H20O/c1-18-10-5-6-13-20(18)25-23(16-9-17-24(25)26)22-15-8-7-14-21(22)19-11-3-2-4-12-19/h2-17,26H,1H3. The molecular formula is C25H20O. The molecule has 0 spiro atoms. The Hall–Kier alpha value is -3.32. The van der Waals surface area contributed by atoms with Gasteiger partial charge < -0.3 is 5.11 Å². The van der Waals surface area contributed by atoms with Gasteiger partial charge in [-0.3, -0.25) is 0 Å². The summed E-state index contributed by atoms with van der Waals surface area (Å²) in [4.78, 5) is 0. The maximum absolute atomic E-state index is 10.7. The van der Waals surface area contributed by atoms with Gasteiger partial charge >= 0.3 is 0 Å². The average Bonchev–Trinajstić information content (AvgIpc) is 2.69. The van der Waals surface area contributed by atoms with E-state index in [1.54, 1.807) is 6.07 Å². The van der Waals surface area contributed by atoms with Crippen molar-refractivity contribution in [3.63, 3.8) is 0 Å². The molecule has 4 rings (SSSR count). The molecule has 0 atom stereocenters. The SMILES string of the molecule is Cc1ccccc1-c1c(O)cccc1-c1ccccc1-c1ccccc1. The van der Waals surface area contributed by atoms with E-state index in [1.165, 1.54) is 5.56 Å². The highest BCUT2D eigenvalue weighted by Gasteiger charge is 2.16. The van der Waals surface area contributed by atoms with Crippen LogP contribution in [0.2, 0.25) is 0 Å². The van der Waals surface area contributed by atoms with Gasteiger partial charge in [0.25, 0.3) is 0 Å². The Bertz CT molecular complexity index is 1050. The van der Waals surface area contributed by atoms with Gasteiger partial charge in [0.1, 0.15) is 5.75 Å². The monoisotopic (exact) mass is 336 g/mol. The highest BCUT2D eigenvalue weighted by atomic mass is 16.3. The molecule has 0 aliphatic heterocycles. The second-order valence-electron chi connectivity index (χ2n) is 6.43. The molecule has 126 valence electrons. The molecule has 26 heavy (non-hydrogen) atoms. The Kier molecular flexibility index (Phi) is 4.28. The van der Waals surface area contributed by atoms with Crippen LogP contribution in [0, 0.1) is 6.92 Å². The Morgan fingerprint density at radius 3 is 1.81 bits per heavy atom. The van der Waals surface area contributed by atoms with Gasteiger partial charge in [0.2, 0.25) is 0 Å². The Balaban J connectivity index is 2.00. The molecule has 0 saturated heterocycles. The van der Waals surface area contributed by atoms with Crippen molar-refractivity contribution in [1.29, 1.82) is 0 Å². The molecule has 4 aromatic rings. The summed E-state index contributed by atoms with van der Waals surface area (Å²) in [5, 5.41) is 10.7. The Labute approximate surface area is 154 Å². The van der Waals surface area contributed by atoms with Crippen LogP contribution in [0.15, 0.2) is 97.1 Å². The lowest BCUT2D eigenvalue weighted by Crippen LogP contribution is -1.91. The maximum Gasteiger partial charge on any atom is 0.124 e. The third kappa shape index (κ3) is 2.89. The molecule has 0 aromatic heterocycles. The molecule has 1 nitrogen and oxygen atoms in total. The van der Waals surface area contributed by atoms with Gasteiger partial charge in [-0.15, -0.1) is 0 Å². The lowest BCUT2D eigenvalue weighted by molar-refractivity contribution is 0.477. The topological polar surface area (TPSA) is 20.2 Å². The molecule has 1 heteroatoms. The molecule has 0 aliphatic rings. The highest BCUT2D eigenvalue weighted by Crippen LogP contribution is 2.43. The van der Waals surface area contributed by atoms with E-state index >= 15 is 0 Å². The second kappa shape index (κ2) is 6.89. The van der Waals surface area contributed by atoms with Crippen molar-refractivity contribution in [2.45, 2.75) is 6.92 Å². The zero-order valence-corrected chi connectivity index (χ0v) is 14.7. The van der Waals surface area contributed by atoms with Crippen LogP contribution in [-0.2, 0) is 0 Å². The van der Waals surface area contributed by atoms with Gasteiger partial charge in [-0.05, 0) is 46.4 Å². The van der Waals surface area contributed by atoms with Crippen molar-refractivity contribution in [2.75, 3.05) is 0 Å². The predicted molar refractivity (Wildman–Crippen MR) is 109 cm³/mol. The first kappa shape index (κ1) is 16.2. The lowest BCUT2D eigenvalue weighted by atomic mass is 9.88. The third-order valence-electron chi connectivity index (χ3n) is 4.76. The molecule has 0 unspecified atom stereocenters. The highest BCUT2D eigenvalue weighted by molar-refractivity contribution is 5.94. The van der Waals surface area contributed by atoms with E-state index in [4.69, 9.17) is 0 Å². The minimum absolute atomic E-state index is 0.305. The number of hydrogen-bond acceptors (Lipinski definition) is 1. The number of benzene rings is 4. The summed E-state index contributed by atoms with van der Waals surface area (Å²) >= 11 is 0. The van der Waals surface area contributed by atoms with Gasteiger partial charge in [0.05, 0.1) is 0 Å². The van der Waals surface area contributed by atoms with Gasteiger partial charge in [-0.2, -0.15) is 0 Å². The van der Waals surface area contributed by atoms with E-state index < -0.39 is 0 Å². The van der Waals surface area contributed by atoms with Crippen LogP contribution >= 0.6 is 0 Å². The van der Waals surface area contributed by atoms with Crippen molar-refractivity contribution in [3.05, 3.63) is 103 Å². The Morgan fingerprint density at radius 1 is 0.500 bits per heavy atom. The maximum atomic E-state index is 10.7. The summed E-state index contributed by atoms with van der Waals surface area (Å²) in [5.41, 5.74) is 7.58. The second-order valence-corrected chi connectivity index (χ2v) is 6.43. The van der Waals surface area contributed by atoms with E-state index in [1.807, 2.05) is 30.3 Å². The summed E-state index contributed by atoms with van der Waals surface area (Å²) in [7, 11) is 0. The molecular weight excluding hydrogens is 316 g/mol. The first-order valence-electron chi connectivity index (χ1n) is 8.78. The van der Waals surface area contributed by atoms with E-state index in [-0.39, 0.29) is 0 Å². The van der Waals surface area contributed by atoms with Gasteiger partial charge in [-0.1, -0.05) is 91.0 Å². The smallest absolute Gasteiger partial charge is 0.124 e. The van der Waals surface area contributed by atoms with Crippen LogP contribution in [0.25, 0.3) is 33.4 Å². The van der Waals surface area contributed by atoms with Crippen LogP contribution in [-0.4, -0.2) is 5.11 Å². The number of hydrogen-bond donors (Lipinski definition) is 1. The zero-order valence-electron chi connectivity index (χ0n) is 14.7. The molecule has 0 aliphatic carbocycles. The number of aromatic hydroxyl groups is 1. The molecule has 0 radical (unpaired) electrons. The van der Waals surface area contributed by atoms with Crippen LogP contribution < -0.4 is 0 Å². The van der Waals surface area contributed by atoms with Crippen molar-refractivity contribution < 1.29 is 5.11 Å². The molecule has 4 aromatic carbocycles. The quantitative estimate of drug-likeness (QED) is 0.441. The lowest BCUT2D eigenvalue weighted by Gasteiger charge is -2.17. The fourth-order valence-electron chi connectivity index (χ4n) is 3.49. The first-order valence-corrected chi connectivity index (χ1v) is 8.78. The van der Waals surface area contributed by atoms with Crippen molar-refractivity contribution in [1.82, 2.24) is 0 Å². The Morgan fingerprint density at radius 2 is 1.08 bits per heavy atom. The third-order valence-corrected chi connectivity index (χ3v) is 4.76. The fourth-order valence-corrected chi connectivity index (χ4v) is 3.49. The van der Waals surface area contributed by atoms with Crippen LogP contribution in [0.1, 0.15) is 5.56 Å². The van der Waals surface area contributed by atoms with Crippen LogP contribution in [0.4, 0.5) is 0 Å². The molecule has 0 fully saturated rings. The van der Waals surface area contributed by atoms with Crippen LogP contribution in [0.5, 0.6) is 5.75 Å². The normalized spacial score (nSPS) is 10.7. The number of phenols is 1. The predicted octanol–water partition coefficient (Wildman–Crippen LogP) is 6.70. The van der Waals surface area contributed by atoms with E-state index in [2.05, 4.69) is 67.6 Å². The van der Waals surface area contributed by atoms with E-state index in [0.717, 1.165) is 33.4 Å². The molecule has 1 N–H and O–H groups in total. The summed E-state index contributed by atoms with van der Waals surface area (Å²) < 4.78 is 0. The number of rotatable bonds is 3. The molecule has 0 saturated carbocycles. The van der Waals surface area contributed by atoms with E-state index in [9.17, 15) is 5.11 Å². The van der Waals surface area contributed by atoms with Gasteiger partial charge in [0, 0.05) is 5.56 Å². The number of aryl methyl sites for hydroxylation is 1. The summed E-state index contributed by atoms with van der Waals surface area (Å²) in [6.07, 6.45) is 0. The number of phenolic OH excluding ortho intramolecular Hbond substituents is 1. The van der Waals surface area contributed by atoms with Crippen LogP contribution in [0.3, 0.4) is 0 Å². The molecule has 0 heterocycles. The largest absolute Gasteiger partial charge is 0.507 e. The summed E-state index contributed by atoms with van der Waals surface area (Å²) in [6.45, 7) is 2.08. The zero-order chi connectivity index (χ0) is 17.9.